The number of rotatable bonds is 6. The number of nitrogens with one attached hydrogen (secondary N) is 1. The van der Waals surface area contributed by atoms with Crippen molar-refractivity contribution in [3.05, 3.63) is 24.0 Å². The van der Waals surface area contributed by atoms with Gasteiger partial charge in [0.1, 0.15) is 16.7 Å². The number of hydrogen-bond donors (Lipinski definition) is 1. The highest BCUT2D eigenvalue weighted by atomic mass is 32.2. The van der Waals surface area contributed by atoms with Crippen molar-refractivity contribution in [2.24, 2.45) is 0 Å². The Morgan fingerprint density at radius 2 is 2.17 bits per heavy atom. The predicted octanol–water partition coefficient (Wildman–Crippen LogP) is 0.183. The Morgan fingerprint density at radius 3 is 2.67 bits per heavy atom. The van der Waals surface area contributed by atoms with Crippen molar-refractivity contribution in [1.29, 1.82) is 5.26 Å². The Labute approximate surface area is 107 Å². The first-order valence-corrected chi connectivity index (χ1v) is 6.94. The zero-order valence-electron chi connectivity index (χ0n) is 10.4. The lowest BCUT2D eigenvalue weighted by molar-refractivity contribution is 0.400. The van der Waals surface area contributed by atoms with E-state index in [1.807, 2.05) is 25.1 Å². The van der Waals surface area contributed by atoms with Crippen molar-refractivity contribution in [2.45, 2.75) is 11.3 Å². The van der Waals surface area contributed by atoms with Crippen LogP contribution in [-0.2, 0) is 10.0 Å². The standard InChI is InChI=1S/C11H16N4O2S/c1-15(2)7-3-6-14-18(16,17)11-5-4-10(8-12)13-9-11/h4-5,9,14H,3,6-7H2,1-2H3. The molecular weight excluding hydrogens is 252 g/mol. The van der Waals surface area contributed by atoms with E-state index in [2.05, 4.69) is 9.71 Å². The van der Waals surface area contributed by atoms with Gasteiger partial charge in [0.25, 0.3) is 0 Å². The Kier molecular flexibility index (Phi) is 5.22. The monoisotopic (exact) mass is 268 g/mol. The summed E-state index contributed by atoms with van der Waals surface area (Å²) in [6.45, 7) is 1.19. The van der Waals surface area contributed by atoms with Crippen LogP contribution < -0.4 is 4.72 Å². The van der Waals surface area contributed by atoms with Crippen molar-refractivity contribution in [3.63, 3.8) is 0 Å². The molecule has 1 rings (SSSR count). The molecule has 0 aliphatic rings. The summed E-state index contributed by atoms with van der Waals surface area (Å²) in [7, 11) is 0.336. The molecule has 0 aliphatic carbocycles. The summed E-state index contributed by atoms with van der Waals surface area (Å²) in [6.07, 6.45) is 1.92. The van der Waals surface area contributed by atoms with Gasteiger partial charge in [-0.15, -0.1) is 0 Å². The van der Waals surface area contributed by atoms with Gasteiger partial charge in [-0.1, -0.05) is 0 Å². The summed E-state index contributed by atoms with van der Waals surface area (Å²) in [6, 6.07) is 4.60. The lowest BCUT2D eigenvalue weighted by Gasteiger charge is -2.10. The normalized spacial score (nSPS) is 11.4. The van der Waals surface area contributed by atoms with E-state index in [4.69, 9.17) is 5.26 Å². The summed E-state index contributed by atoms with van der Waals surface area (Å²) in [5, 5.41) is 8.57. The summed E-state index contributed by atoms with van der Waals surface area (Å²) >= 11 is 0. The average Bonchev–Trinajstić information content (AvgIpc) is 2.34. The predicted molar refractivity (Wildman–Crippen MR) is 67.3 cm³/mol. The molecule has 1 heterocycles. The summed E-state index contributed by atoms with van der Waals surface area (Å²) in [5.74, 6) is 0. The molecule has 1 aromatic heterocycles. The van der Waals surface area contributed by atoms with E-state index in [-0.39, 0.29) is 10.6 Å². The molecule has 1 aromatic rings. The van der Waals surface area contributed by atoms with Crippen molar-refractivity contribution in [3.8, 4) is 6.07 Å². The van der Waals surface area contributed by atoms with Crippen LogP contribution >= 0.6 is 0 Å². The van der Waals surface area contributed by atoms with E-state index in [1.165, 1.54) is 18.3 Å². The van der Waals surface area contributed by atoms with Gasteiger partial charge in [-0.2, -0.15) is 5.26 Å². The highest BCUT2D eigenvalue weighted by Gasteiger charge is 2.13. The van der Waals surface area contributed by atoms with Crippen LogP contribution in [-0.4, -0.2) is 45.5 Å². The third-order valence-corrected chi connectivity index (χ3v) is 3.68. The van der Waals surface area contributed by atoms with Crippen LogP contribution in [0.3, 0.4) is 0 Å². The van der Waals surface area contributed by atoms with E-state index in [0.29, 0.717) is 6.54 Å². The molecule has 0 aliphatic heterocycles. The molecular formula is C11H16N4O2S. The van der Waals surface area contributed by atoms with Crippen LogP contribution in [0.25, 0.3) is 0 Å². The summed E-state index contributed by atoms with van der Waals surface area (Å²) in [4.78, 5) is 5.79. The number of nitriles is 1. The Bertz CT molecular complexity index is 517. The zero-order valence-corrected chi connectivity index (χ0v) is 11.2. The van der Waals surface area contributed by atoms with Gasteiger partial charge in [-0.25, -0.2) is 18.1 Å². The minimum Gasteiger partial charge on any atom is -0.309 e. The molecule has 0 saturated carbocycles. The second-order valence-electron chi connectivity index (χ2n) is 4.05. The van der Waals surface area contributed by atoms with Crippen molar-refractivity contribution >= 4 is 10.0 Å². The van der Waals surface area contributed by atoms with Gasteiger partial charge in [0.2, 0.25) is 10.0 Å². The van der Waals surface area contributed by atoms with E-state index in [0.717, 1.165) is 13.0 Å². The molecule has 18 heavy (non-hydrogen) atoms. The minimum absolute atomic E-state index is 0.0753. The van der Waals surface area contributed by atoms with Crippen LogP contribution in [0.1, 0.15) is 12.1 Å². The lowest BCUT2D eigenvalue weighted by Crippen LogP contribution is -2.27. The third kappa shape index (κ3) is 4.41. The Balaban J connectivity index is 2.60. The molecule has 0 radical (unpaired) electrons. The van der Waals surface area contributed by atoms with E-state index >= 15 is 0 Å². The van der Waals surface area contributed by atoms with Crippen molar-refractivity contribution in [2.75, 3.05) is 27.2 Å². The topological polar surface area (TPSA) is 86.1 Å². The zero-order chi connectivity index (χ0) is 13.6. The SMILES string of the molecule is CN(C)CCCNS(=O)(=O)c1ccc(C#N)nc1. The van der Waals surface area contributed by atoms with Gasteiger partial charge in [-0.3, -0.25) is 0 Å². The Morgan fingerprint density at radius 1 is 1.44 bits per heavy atom. The van der Waals surface area contributed by atoms with Crippen LogP contribution in [0.15, 0.2) is 23.2 Å². The molecule has 0 unspecified atom stereocenters. The van der Waals surface area contributed by atoms with Gasteiger partial charge in [-0.05, 0) is 39.2 Å². The van der Waals surface area contributed by atoms with E-state index in [1.54, 1.807) is 0 Å². The second kappa shape index (κ2) is 6.44. The maximum Gasteiger partial charge on any atom is 0.242 e. The second-order valence-corrected chi connectivity index (χ2v) is 5.81. The fourth-order valence-electron chi connectivity index (χ4n) is 1.29. The number of pyridine rings is 1. The molecule has 0 atom stereocenters. The van der Waals surface area contributed by atoms with Crippen LogP contribution in [0.5, 0.6) is 0 Å². The van der Waals surface area contributed by atoms with Crippen LogP contribution in [0, 0.1) is 11.3 Å². The highest BCUT2D eigenvalue weighted by Crippen LogP contribution is 2.07. The van der Waals surface area contributed by atoms with Gasteiger partial charge in [0, 0.05) is 12.7 Å². The largest absolute Gasteiger partial charge is 0.309 e. The number of hydrogen-bond acceptors (Lipinski definition) is 5. The number of sulfonamides is 1. The fraction of sp³-hybridized carbons (Fsp3) is 0.455. The first kappa shape index (κ1) is 14.6. The van der Waals surface area contributed by atoms with Crippen molar-refractivity contribution in [1.82, 2.24) is 14.6 Å². The van der Waals surface area contributed by atoms with Crippen LogP contribution in [0.4, 0.5) is 0 Å². The minimum atomic E-state index is -3.52. The molecule has 0 bridgehead atoms. The molecule has 0 fully saturated rings. The van der Waals surface area contributed by atoms with Gasteiger partial charge in [0.15, 0.2) is 0 Å². The molecule has 6 nitrogen and oxygen atoms in total. The van der Waals surface area contributed by atoms with E-state index < -0.39 is 10.0 Å². The summed E-state index contributed by atoms with van der Waals surface area (Å²) < 4.78 is 26.1. The molecule has 98 valence electrons. The molecule has 1 N–H and O–H groups in total. The molecule has 0 saturated heterocycles. The van der Waals surface area contributed by atoms with Gasteiger partial charge < -0.3 is 4.90 Å². The van der Waals surface area contributed by atoms with Gasteiger partial charge >= 0.3 is 0 Å². The lowest BCUT2D eigenvalue weighted by atomic mass is 10.4. The number of aromatic nitrogens is 1. The Hall–Kier alpha value is -1.49. The maximum absolute atomic E-state index is 11.8. The van der Waals surface area contributed by atoms with Gasteiger partial charge in [0.05, 0.1) is 0 Å². The maximum atomic E-state index is 11.8. The van der Waals surface area contributed by atoms with E-state index in [9.17, 15) is 8.42 Å². The summed E-state index contributed by atoms with van der Waals surface area (Å²) in [5.41, 5.74) is 0.196. The molecule has 0 spiro atoms. The first-order chi connectivity index (χ1) is 8.45. The third-order valence-electron chi connectivity index (χ3n) is 2.24. The fourth-order valence-corrected chi connectivity index (χ4v) is 2.31. The smallest absolute Gasteiger partial charge is 0.242 e. The van der Waals surface area contributed by atoms with Crippen LogP contribution in [0.2, 0.25) is 0 Å². The quantitative estimate of drug-likeness (QED) is 0.744. The van der Waals surface area contributed by atoms with Crippen molar-refractivity contribution < 1.29 is 8.42 Å². The molecule has 0 aromatic carbocycles. The molecule has 0 amide bonds. The average molecular weight is 268 g/mol. The highest BCUT2D eigenvalue weighted by molar-refractivity contribution is 7.89. The number of nitrogens with zero attached hydrogens (tertiary/aromatic N) is 3. The first-order valence-electron chi connectivity index (χ1n) is 5.46. The molecule has 7 heteroatoms.